The summed E-state index contributed by atoms with van der Waals surface area (Å²) in [5, 5.41) is 11.7. The van der Waals surface area contributed by atoms with Crippen molar-refractivity contribution < 1.29 is 14.0 Å². The van der Waals surface area contributed by atoms with Crippen molar-refractivity contribution in [1.82, 2.24) is 10.2 Å². The molecule has 0 saturated heterocycles. The first-order valence-electron chi connectivity index (χ1n) is 10.4. The second-order valence-corrected chi connectivity index (χ2v) is 9.01. The molecule has 2 aliphatic rings. The number of halogens is 1. The first-order chi connectivity index (χ1) is 14.5. The largest absolute Gasteiger partial charge is 0.309 e. The molecule has 1 atom stereocenters. The first kappa shape index (κ1) is 20.8. The summed E-state index contributed by atoms with van der Waals surface area (Å²) in [6.45, 7) is 2.04. The van der Waals surface area contributed by atoms with Crippen molar-refractivity contribution in [3.63, 3.8) is 0 Å². The molecule has 8 heteroatoms. The number of carbonyl (C=O) groups is 2. The molecule has 158 valence electrons. The monoisotopic (exact) mass is 428 g/mol. The number of hydrogen-bond donors (Lipinski definition) is 1. The van der Waals surface area contributed by atoms with Crippen LogP contribution >= 0.6 is 11.8 Å². The summed E-state index contributed by atoms with van der Waals surface area (Å²) in [6.07, 6.45) is 4.68. The van der Waals surface area contributed by atoms with Crippen molar-refractivity contribution >= 4 is 35.1 Å². The number of benzene rings is 1. The molecule has 4 rings (SSSR count). The van der Waals surface area contributed by atoms with Crippen LogP contribution in [0.25, 0.3) is 0 Å². The molecule has 0 radical (unpaired) electrons. The molecule has 1 N–H and O–H groups in total. The molecule has 2 amide bonds. The molecule has 2 heterocycles. The maximum Gasteiger partial charge on any atom is 0.228 e. The van der Waals surface area contributed by atoms with Crippen LogP contribution in [0.2, 0.25) is 0 Å². The number of fused-ring (bicyclic) bond motifs is 1. The maximum absolute atomic E-state index is 13.5. The van der Waals surface area contributed by atoms with Crippen molar-refractivity contribution in [2.24, 2.45) is 5.92 Å². The minimum absolute atomic E-state index is 0.0134. The average Bonchev–Trinajstić information content (AvgIpc) is 3.58. The van der Waals surface area contributed by atoms with E-state index in [0.29, 0.717) is 18.7 Å². The molecule has 2 aromatic rings. The van der Waals surface area contributed by atoms with Crippen LogP contribution in [0.3, 0.4) is 0 Å². The highest BCUT2D eigenvalue weighted by molar-refractivity contribution is 7.99. The minimum atomic E-state index is -0.258. The molecule has 1 unspecified atom stereocenters. The predicted molar refractivity (Wildman–Crippen MR) is 115 cm³/mol. The third-order valence-corrected chi connectivity index (χ3v) is 6.47. The zero-order valence-electron chi connectivity index (χ0n) is 16.9. The number of carbonyl (C=O) groups excluding carboxylic acids is 2. The Morgan fingerprint density at radius 1 is 1.20 bits per heavy atom. The highest BCUT2D eigenvalue weighted by atomic mass is 32.2. The molecule has 1 aromatic carbocycles. The van der Waals surface area contributed by atoms with Gasteiger partial charge in [-0.2, -0.15) is 0 Å². The van der Waals surface area contributed by atoms with E-state index in [9.17, 15) is 14.0 Å². The number of anilines is 2. The van der Waals surface area contributed by atoms with Crippen molar-refractivity contribution in [1.29, 1.82) is 0 Å². The standard InChI is InChI=1S/C22H25FN4O2S/c1-14-4-5-16-13-17(23)8-9-18(16)27(14)21(28)3-2-12-30-20-11-10-19(25-26-20)24-22(29)15-6-7-15/h8-11,13-15H,2-7,12H2,1H3,(H,24,25,29). The van der Waals surface area contributed by atoms with Gasteiger partial charge in [0.05, 0.1) is 0 Å². The van der Waals surface area contributed by atoms with E-state index in [1.807, 2.05) is 17.9 Å². The molecule has 1 fully saturated rings. The Balaban J connectivity index is 1.25. The molecule has 1 aliphatic carbocycles. The summed E-state index contributed by atoms with van der Waals surface area (Å²) in [5.74, 6) is 1.17. The van der Waals surface area contributed by atoms with Gasteiger partial charge in [0, 0.05) is 29.8 Å². The van der Waals surface area contributed by atoms with Crippen molar-refractivity contribution in [3.05, 3.63) is 41.7 Å². The molecule has 1 aliphatic heterocycles. The fourth-order valence-corrected chi connectivity index (χ4v) is 4.42. The Labute approximate surface area is 179 Å². The van der Waals surface area contributed by atoms with Gasteiger partial charge in [0.2, 0.25) is 11.8 Å². The average molecular weight is 429 g/mol. The van der Waals surface area contributed by atoms with E-state index in [-0.39, 0.29) is 29.6 Å². The SMILES string of the molecule is CC1CCc2cc(F)ccc2N1C(=O)CCCSc1ccc(NC(=O)C2CC2)nn1. The smallest absolute Gasteiger partial charge is 0.228 e. The van der Waals surface area contributed by atoms with E-state index < -0.39 is 0 Å². The van der Waals surface area contributed by atoms with Gasteiger partial charge in [0.1, 0.15) is 10.8 Å². The van der Waals surface area contributed by atoms with Crippen LogP contribution in [0.5, 0.6) is 0 Å². The lowest BCUT2D eigenvalue weighted by molar-refractivity contribution is -0.119. The number of hydrogen-bond acceptors (Lipinski definition) is 5. The molecular formula is C22H25FN4O2S. The fraction of sp³-hybridized carbons (Fsp3) is 0.455. The Morgan fingerprint density at radius 3 is 2.77 bits per heavy atom. The Morgan fingerprint density at radius 2 is 2.03 bits per heavy atom. The van der Waals surface area contributed by atoms with E-state index in [4.69, 9.17) is 0 Å². The van der Waals surface area contributed by atoms with E-state index in [1.54, 1.807) is 12.1 Å². The van der Waals surface area contributed by atoms with Gasteiger partial charge in [-0.05, 0) is 74.9 Å². The third kappa shape index (κ3) is 4.98. The lowest BCUT2D eigenvalue weighted by atomic mass is 9.96. The van der Waals surface area contributed by atoms with E-state index >= 15 is 0 Å². The normalized spacial score (nSPS) is 18.1. The summed E-state index contributed by atoms with van der Waals surface area (Å²) in [4.78, 5) is 26.4. The number of aromatic nitrogens is 2. The van der Waals surface area contributed by atoms with Crippen LogP contribution in [-0.4, -0.2) is 33.8 Å². The van der Waals surface area contributed by atoms with Crippen molar-refractivity contribution in [2.45, 2.75) is 56.5 Å². The van der Waals surface area contributed by atoms with Crippen LogP contribution < -0.4 is 10.2 Å². The minimum Gasteiger partial charge on any atom is -0.309 e. The first-order valence-corrected chi connectivity index (χ1v) is 11.4. The predicted octanol–water partition coefficient (Wildman–Crippen LogP) is 4.20. The second kappa shape index (κ2) is 9.12. The zero-order chi connectivity index (χ0) is 21.1. The van der Waals surface area contributed by atoms with Gasteiger partial charge >= 0.3 is 0 Å². The number of aryl methyl sites for hydroxylation is 1. The van der Waals surface area contributed by atoms with Crippen LogP contribution in [0.1, 0.15) is 44.6 Å². The van der Waals surface area contributed by atoms with Gasteiger partial charge in [-0.15, -0.1) is 22.0 Å². The molecule has 30 heavy (non-hydrogen) atoms. The Bertz CT molecular complexity index is 933. The number of thioether (sulfide) groups is 1. The highest BCUT2D eigenvalue weighted by Crippen LogP contribution is 2.32. The fourth-order valence-electron chi connectivity index (χ4n) is 3.66. The van der Waals surface area contributed by atoms with Crippen LogP contribution in [-0.2, 0) is 16.0 Å². The zero-order valence-corrected chi connectivity index (χ0v) is 17.8. The van der Waals surface area contributed by atoms with E-state index in [0.717, 1.165) is 47.7 Å². The van der Waals surface area contributed by atoms with E-state index in [1.165, 1.54) is 23.9 Å². The van der Waals surface area contributed by atoms with Gasteiger partial charge in [0.15, 0.2) is 5.82 Å². The molecule has 6 nitrogen and oxygen atoms in total. The van der Waals surface area contributed by atoms with Crippen molar-refractivity contribution in [2.75, 3.05) is 16.0 Å². The summed E-state index contributed by atoms with van der Waals surface area (Å²) < 4.78 is 13.5. The second-order valence-electron chi connectivity index (χ2n) is 7.90. The number of nitrogens with zero attached hydrogens (tertiary/aromatic N) is 3. The molecular weight excluding hydrogens is 403 g/mol. The molecule has 1 aromatic heterocycles. The summed E-state index contributed by atoms with van der Waals surface area (Å²) in [7, 11) is 0. The lowest BCUT2D eigenvalue weighted by Crippen LogP contribution is -2.42. The lowest BCUT2D eigenvalue weighted by Gasteiger charge is -2.35. The van der Waals surface area contributed by atoms with Crippen molar-refractivity contribution in [3.8, 4) is 0 Å². The third-order valence-electron chi connectivity index (χ3n) is 5.47. The summed E-state index contributed by atoms with van der Waals surface area (Å²) in [5.41, 5.74) is 1.74. The molecule has 1 saturated carbocycles. The molecule has 0 spiro atoms. The highest BCUT2D eigenvalue weighted by Gasteiger charge is 2.30. The Kier molecular flexibility index (Phi) is 6.32. The number of nitrogens with one attached hydrogen (secondary N) is 1. The number of amides is 2. The van der Waals surface area contributed by atoms with Crippen LogP contribution in [0.4, 0.5) is 15.9 Å². The summed E-state index contributed by atoms with van der Waals surface area (Å²) in [6, 6.07) is 8.37. The number of rotatable bonds is 7. The quantitative estimate of drug-likeness (QED) is 0.528. The van der Waals surface area contributed by atoms with E-state index in [2.05, 4.69) is 15.5 Å². The maximum atomic E-state index is 13.5. The van der Waals surface area contributed by atoms with Gasteiger partial charge in [-0.25, -0.2) is 4.39 Å². The topological polar surface area (TPSA) is 75.2 Å². The van der Waals surface area contributed by atoms with Gasteiger partial charge < -0.3 is 10.2 Å². The van der Waals surface area contributed by atoms with Gasteiger partial charge in [0.25, 0.3) is 0 Å². The van der Waals surface area contributed by atoms with Gasteiger partial charge in [-0.1, -0.05) is 0 Å². The van der Waals surface area contributed by atoms with Gasteiger partial charge in [-0.3, -0.25) is 9.59 Å². The Hall–Kier alpha value is -2.48. The van der Waals surface area contributed by atoms with Crippen LogP contribution in [0, 0.1) is 11.7 Å². The molecule has 0 bridgehead atoms. The summed E-state index contributed by atoms with van der Waals surface area (Å²) >= 11 is 1.54. The van der Waals surface area contributed by atoms with Crippen LogP contribution in [0.15, 0.2) is 35.4 Å².